The zero-order valence-corrected chi connectivity index (χ0v) is 9.39. The van der Waals surface area contributed by atoms with Gasteiger partial charge >= 0.3 is 0 Å². The van der Waals surface area contributed by atoms with Gasteiger partial charge in [-0.05, 0) is 17.9 Å². The predicted octanol–water partition coefficient (Wildman–Crippen LogP) is 1.98. The Labute approximate surface area is 92.5 Å². The molecule has 3 N–H and O–H groups in total. The second-order valence-corrected chi connectivity index (χ2v) is 4.10. The monoisotopic (exact) mass is 226 g/mol. The summed E-state index contributed by atoms with van der Waals surface area (Å²) in [5.74, 6) is -0.580. The van der Waals surface area contributed by atoms with Gasteiger partial charge in [-0.1, -0.05) is 13.3 Å². The molecule has 0 radical (unpaired) electrons. The molecule has 0 spiro atoms. The molecule has 4 nitrogen and oxygen atoms in total. The first-order chi connectivity index (χ1) is 7.15. The summed E-state index contributed by atoms with van der Waals surface area (Å²) in [5, 5.41) is 4.96. The lowest BCUT2D eigenvalue weighted by atomic mass is 10.2. The summed E-state index contributed by atoms with van der Waals surface area (Å²) in [6, 6.07) is 1.61. The number of carbonyl (C=O) groups excluding carboxylic acids is 2. The molecule has 0 fully saturated rings. The number of anilines is 1. The minimum Gasteiger partial charge on any atom is -0.366 e. The average Bonchev–Trinajstić information content (AvgIpc) is 2.62. The SMILES string of the molecule is CCCCC(=O)Nc1sccc1C(N)=O. The molecule has 0 saturated carbocycles. The van der Waals surface area contributed by atoms with Crippen molar-refractivity contribution in [2.75, 3.05) is 5.32 Å². The quantitative estimate of drug-likeness (QED) is 0.805. The van der Waals surface area contributed by atoms with Crippen molar-refractivity contribution in [3.05, 3.63) is 17.0 Å². The first kappa shape index (κ1) is 11.7. The summed E-state index contributed by atoms with van der Waals surface area (Å²) in [5.41, 5.74) is 5.53. The summed E-state index contributed by atoms with van der Waals surface area (Å²) in [6.45, 7) is 2.02. The van der Waals surface area contributed by atoms with Gasteiger partial charge in [-0.15, -0.1) is 11.3 Å². The maximum atomic E-state index is 11.4. The van der Waals surface area contributed by atoms with Crippen LogP contribution in [0.1, 0.15) is 36.5 Å². The van der Waals surface area contributed by atoms with Gasteiger partial charge in [0.2, 0.25) is 5.91 Å². The molecule has 0 bridgehead atoms. The van der Waals surface area contributed by atoms with Crippen molar-refractivity contribution in [1.29, 1.82) is 0 Å². The smallest absolute Gasteiger partial charge is 0.251 e. The standard InChI is InChI=1S/C10H14N2O2S/c1-2-3-4-8(13)12-10-7(9(11)14)5-6-15-10/h5-6H,2-4H2,1H3,(H2,11,14)(H,12,13). The molecule has 1 rings (SSSR count). The van der Waals surface area contributed by atoms with E-state index in [2.05, 4.69) is 5.32 Å². The maximum Gasteiger partial charge on any atom is 0.251 e. The Morgan fingerprint density at radius 2 is 2.27 bits per heavy atom. The molecule has 5 heteroatoms. The van der Waals surface area contributed by atoms with E-state index in [0.29, 0.717) is 17.0 Å². The Morgan fingerprint density at radius 3 is 2.87 bits per heavy atom. The third-order valence-electron chi connectivity index (χ3n) is 1.94. The van der Waals surface area contributed by atoms with Crippen LogP contribution in [-0.4, -0.2) is 11.8 Å². The van der Waals surface area contributed by atoms with Crippen LogP contribution in [0.15, 0.2) is 11.4 Å². The number of thiophene rings is 1. The van der Waals surface area contributed by atoms with Crippen LogP contribution in [0.3, 0.4) is 0 Å². The summed E-state index contributed by atoms with van der Waals surface area (Å²) in [7, 11) is 0. The Morgan fingerprint density at radius 1 is 1.53 bits per heavy atom. The summed E-state index contributed by atoms with van der Waals surface area (Å²) in [6.07, 6.45) is 2.30. The molecule has 0 saturated heterocycles. The number of hydrogen-bond acceptors (Lipinski definition) is 3. The zero-order valence-electron chi connectivity index (χ0n) is 8.58. The van der Waals surface area contributed by atoms with Crippen LogP contribution in [0.4, 0.5) is 5.00 Å². The number of rotatable bonds is 5. The van der Waals surface area contributed by atoms with E-state index in [1.165, 1.54) is 11.3 Å². The first-order valence-electron chi connectivity index (χ1n) is 4.82. The molecule has 0 aliphatic carbocycles. The first-order valence-corrected chi connectivity index (χ1v) is 5.70. The van der Waals surface area contributed by atoms with E-state index in [1.54, 1.807) is 11.4 Å². The maximum absolute atomic E-state index is 11.4. The van der Waals surface area contributed by atoms with Crippen LogP contribution in [0.2, 0.25) is 0 Å². The van der Waals surface area contributed by atoms with Gasteiger partial charge in [-0.3, -0.25) is 9.59 Å². The fraction of sp³-hybridized carbons (Fsp3) is 0.400. The summed E-state index contributed by atoms with van der Waals surface area (Å²) in [4.78, 5) is 22.3. The number of hydrogen-bond donors (Lipinski definition) is 2. The van der Waals surface area contributed by atoms with Gasteiger partial charge in [0.1, 0.15) is 5.00 Å². The minimum atomic E-state index is -0.512. The second-order valence-electron chi connectivity index (χ2n) is 3.18. The summed E-state index contributed by atoms with van der Waals surface area (Å²) < 4.78 is 0. The van der Waals surface area contributed by atoms with Gasteiger partial charge in [0.15, 0.2) is 0 Å². The van der Waals surface area contributed by atoms with Crippen molar-refractivity contribution in [1.82, 2.24) is 0 Å². The lowest BCUT2D eigenvalue weighted by molar-refractivity contribution is -0.116. The molecular weight excluding hydrogens is 212 g/mol. The molecule has 1 heterocycles. The van der Waals surface area contributed by atoms with Gasteiger partial charge in [0.25, 0.3) is 5.91 Å². The fourth-order valence-corrected chi connectivity index (χ4v) is 1.94. The molecule has 0 aliphatic rings. The van der Waals surface area contributed by atoms with Crippen LogP contribution in [0.5, 0.6) is 0 Å². The minimum absolute atomic E-state index is 0.0678. The van der Waals surface area contributed by atoms with Crippen molar-refractivity contribution in [3.8, 4) is 0 Å². The van der Waals surface area contributed by atoms with Crippen molar-refractivity contribution in [2.45, 2.75) is 26.2 Å². The van der Waals surface area contributed by atoms with Gasteiger partial charge in [0.05, 0.1) is 5.56 Å². The van der Waals surface area contributed by atoms with Crippen LogP contribution in [-0.2, 0) is 4.79 Å². The van der Waals surface area contributed by atoms with E-state index < -0.39 is 5.91 Å². The van der Waals surface area contributed by atoms with E-state index >= 15 is 0 Å². The Kier molecular flexibility index (Phi) is 4.30. The van der Waals surface area contributed by atoms with Crippen molar-refractivity contribution in [2.24, 2.45) is 5.73 Å². The molecule has 0 aromatic carbocycles. The Balaban J connectivity index is 2.60. The van der Waals surface area contributed by atoms with Gasteiger partial charge < -0.3 is 11.1 Å². The van der Waals surface area contributed by atoms with Crippen molar-refractivity contribution < 1.29 is 9.59 Å². The van der Waals surface area contributed by atoms with Gasteiger partial charge in [-0.2, -0.15) is 0 Å². The third-order valence-corrected chi connectivity index (χ3v) is 2.77. The highest BCUT2D eigenvalue weighted by atomic mass is 32.1. The highest BCUT2D eigenvalue weighted by Crippen LogP contribution is 2.22. The largest absolute Gasteiger partial charge is 0.366 e. The topological polar surface area (TPSA) is 72.2 Å². The molecule has 82 valence electrons. The van der Waals surface area contributed by atoms with Crippen molar-refractivity contribution in [3.63, 3.8) is 0 Å². The predicted molar refractivity (Wildman–Crippen MR) is 61.0 cm³/mol. The molecule has 0 atom stereocenters. The van der Waals surface area contributed by atoms with E-state index in [4.69, 9.17) is 5.73 Å². The van der Waals surface area contributed by atoms with Crippen LogP contribution in [0, 0.1) is 0 Å². The van der Waals surface area contributed by atoms with Crippen LogP contribution < -0.4 is 11.1 Å². The van der Waals surface area contributed by atoms with Crippen LogP contribution in [0.25, 0.3) is 0 Å². The van der Waals surface area contributed by atoms with Gasteiger partial charge in [0, 0.05) is 6.42 Å². The lowest BCUT2D eigenvalue weighted by Crippen LogP contribution is -2.16. The number of unbranched alkanes of at least 4 members (excludes halogenated alkanes) is 1. The van der Waals surface area contributed by atoms with Crippen molar-refractivity contribution >= 4 is 28.2 Å². The fourth-order valence-electron chi connectivity index (χ4n) is 1.13. The van der Waals surface area contributed by atoms with Crippen LogP contribution >= 0.6 is 11.3 Å². The lowest BCUT2D eigenvalue weighted by Gasteiger charge is -2.03. The zero-order chi connectivity index (χ0) is 11.3. The number of primary amides is 1. The number of nitrogens with two attached hydrogens (primary N) is 1. The molecule has 2 amide bonds. The molecule has 0 aliphatic heterocycles. The van der Waals surface area contributed by atoms with E-state index in [1.807, 2.05) is 6.92 Å². The van der Waals surface area contributed by atoms with E-state index in [0.717, 1.165) is 12.8 Å². The summed E-state index contributed by atoms with van der Waals surface area (Å²) >= 11 is 1.31. The molecule has 15 heavy (non-hydrogen) atoms. The molecule has 0 unspecified atom stereocenters. The highest BCUT2D eigenvalue weighted by molar-refractivity contribution is 7.14. The van der Waals surface area contributed by atoms with E-state index in [-0.39, 0.29) is 5.91 Å². The Hall–Kier alpha value is -1.36. The molecule has 1 aromatic heterocycles. The van der Waals surface area contributed by atoms with E-state index in [9.17, 15) is 9.59 Å². The average molecular weight is 226 g/mol. The number of amides is 2. The number of nitrogens with one attached hydrogen (secondary N) is 1. The second kappa shape index (κ2) is 5.50. The normalized spacial score (nSPS) is 9.93. The van der Waals surface area contributed by atoms with Gasteiger partial charge in [-0.25, -0.2) is 0 Å². The molecular formula is C10H14N2O2S. The third kappa shape index (κ3) is 3.36. The Bertz CT molecular complexity index is 360. The molecule has 1 aromatic rings. The number of carbonyl (C=O) groups is 2. The highest BCUT2D eigenvalue weighted by Gasteiger charge is 2.11.